The predicted octanol–water partition coefficient (Wildman–Crippen LogP) is -2.21. The molecule has 3 fully saturated rings. The molecule has 0 aromatic carbocycles. The fourth-order valence-corrected chi connectivity index (χ4v) is 2.28. The molecule has 0 bridgehead atoms. The summed E-state index contributed by atoms with van der Waals surface area (Å²) < 4.78 is 18.4. The van der Waals surface area contributed by atoms with Gasteiger partial charge in [-0.3, -0.25) is 0 Å². The van der Waals surface area contributed by atoms with Gasteiger partial charge in [0.25, 0.3) is 0 Å². The first-order valence-electron chi connectivity index (χ1n) is 6.93. The van der Waals surface area contributed by atoms with E-state index in [1.54, 1.807) is 0 Å². The largest absolute Gasteiger partial charge is 0.371 e. The zero-order chi connectivity index (χ0) is 14.6. The average Bonchev–Trinajstić information content (AvgIpc) is 3.31. The van der Waals surface area contributed by atoms with Crippen molar-refractivity contribution >= 4 is 12.4 Å². The summed E-state index contributed by atoms with van der Waals surface area (Å²) >= 11 is 0. The van der Waals surface area contributed by atoms with E-state index in [0.29, 0.717) is 19.8 Å². The van der Waals surface area contributed by atoms with Crippen LogP contribution in [0.15, 0.2) is 14.4 Å². The van der Waals surface area contributed by atoms with E-state index in [-0.39, 0.29) is 50.4 Å². The molecule has 0 radical (unpaired) electrons. The first-order chi connectivity index (χ1) is 10.1. The molecule has 10 heteroatoms. The molecule has 0 N–H and O–H groups in total. The van der Waals surface area contributed by atoms with Gasteiger partial charge in [-0.1, -0.05) is 0 Å². The standard InChI is InChI=1S/C12H15N3O6.ClH/c16-10-13(1-7-4-19-7)11(17)15(3-9-6-21-9)12(18)14(10)2-8-5-20-8;/h7-9H,1-6H2;1H/t7-,8-,9+;/m0./s1. The van der Waals surface area contributed by atoms with Crippen LogP contribution in [0.25, 0.3) is 0 Å². The Kier molecular flexibility index (Phi) is 3.98. The van der Waals surface area contributed by atoms with Crippen molar-refractivity contribution in [3.05, 3.63) is 31.5 Å². The van der Waals surface area contributed by atoms with E-state index in [9.17, 15) is 14.4 Å². The van der Waals surface area contributed by atoms with Crippen LogP contribution in [0.4, 0.5) is 0 Å². The second-order valence-electron chi connectivity index (χ2n) is 5.55. The molecule has 0 amide bonds. The average molecular weight is 334 g/mol. The van der Waals surface area contributed by atoms with Crippen molar-refractivity contribution in [3.63, 3.8) is 0 Å². The van der Waals surface area contributed by atoms with Crippen LogP contribution in [0.3, 0.4) is 0 Å². The third-order valence-electron chi connectivity index (χ3n) is 3.75. The van der Waals surface area contributed by atoms with Crippen molar-refractivity contribution in [2.75, 3.05) is 19.8 Å². The van der Waals surface area contributed by atoms with Crippen molar-refractivity contribution in [2.45, 2.75) is 37.9 Å². The third-order valence-corrected chi connectivity index (χ3v) is 3.75. The van der Waals surface area contributed by atoms with Gasteiger partial charge in [-0.15, -0.1) is 12.4 Å². The summed E-state index contributed by atoms with van der Waals surface area (Å²) in [6.45, 7) is 2.12. The van der Waals surface area contributed by atoms with Crippen molar-refractivity contribution in [2.24, 2.45) is 0 Å². The lowest BCUT2D eigenvalue weighted by molar-refractivity contribution is 0.327. The van der Waals surface area contributed by atoms with Gasteiger partial charge in [-0.2, -0.15) is 0 Å². The highest BCUT2D eigenvalue weighted by Gasteiger charge is 2.31. The van der Waals surface area contributed by atoms with E-state index in [2.05, 4.69) is 0 Å². The molecule has 4 rings (SSSR count). The molecule has 1 aromatic heterocycles. The summed E-state index contributed by atoms with van der Waals surface area (Å²) in [5.41, 5.74) is -1.78. The highest BCUT2D eigenvalue weighted by molar-refractivity contribution is 5.85. The first-order valence-corrected chi connectivity index (χ1v) is 6.93. The molecule has 0 spiro atoms. The van der Waals surface area contributed by atoms with Gasteiger partial charge in [0.2, 0.25) is 0 Å². The Morgan fingerprint density at radius 1 is 0.682 bits per heavy atom. The number of epoxide rings is 3. The Balaban J connectivity index is 0.00000144. The highest BCUT2D eigenvalue weighted by Crippen LogP contribution is 2.12. The minimum Gasteiger partial charge on any atom is -0.371 e. The van der Waals surface area contributed by atoms with E-state index < -0.39 is 17.1 Å². The molecule has 9 nitrogen and oxygen atoms in total. The number of aromatic nitrogens is 3. The summed E-state index contributed by atoms with van der Waals surface area (Å²) in [7, 11) is 0. The number of hydrogen-bond donors (Lipinski definition) is 0. The van der Waals surface area contributed by atoms with E-state index in [4.69, 9.17) is 14.2 Å². The monoisotopic (exact) mass is 333 g/mol. The van der Waals surface area contributed by atoms with Gasteiger partial charge in [0, 0.05) is 0 Å². The molecule has 122 valence electrons. The molecule has 3 aliphatic rings. The first kappa shape index (κ1) is 15.5. The minimum absolute atomic E-state index is 0. The number of rotatable bonds is 6. The number of nitrogens with zero attached hydrogens (tertiary/aromatic N) is 3. The lowest BCUT2D eigenvalue weighted by Crippen LogP contribution is -2.55. The highest BCUT2D eigenvalue weighted by atomic mass is 35.5. The van der Waals surface area contributed by atoms with Crippen molar-refractivity contribution < 1.29 is 14.2 Å². The predicted molar refractivity (Wildman–Crippen MR) is 75.7 cm³/mol. The fraction of sp³-hybridized carbons (Fsp3) is 0.750. The quantitative estimate of drug-likeness (QED) is 0.547. The Bertz CT molecular complexity index is 610. The molecule has 4 heterocycles. The number of hydrogen-bond acceptors (Lipinski definition) is 6. The Morgan fingerprint density at radius 2 is 0.909 bits per heavy atom. The van der Waals surface area contributed by atoms with Crippen LogP contribution in [0.2, 0.25) is 0 Å². The summed E-state index contributed by atoms with van der Waals surface area (Å²) in [6.07, 6.45) is -0.363. The Labute approximate surface area is 130 Å². The molecule has 3 aliphatic heterocycles. The zero-order valence-corrected chi connectivity index (χ0v) is 12.5. The maximum Gasteiger partial charge on any atom is 0.336 e. The summed E-state index contributed by atoms with van der Waals surface area (Å²) in [6, 6.07) is 0. The van der Waals surface area contributed by atoms with Crippen molar-refractivity contribution in [1.82, 2.24) is 13.7 Å². The van der Waals surface area contributed by atoms with Gasteiger partial charge < -0.3 is 14.2 Å². The van der Waals surface area contributed by atoms with Crippen LogP contribution >= 0.6 is 12.4 Å². The fourth-order valence-electron chi connectivity index (χ4n) is 2.28. The SMILES string of the molecule is Cl.O=c1n(C[C@H]2CO2)c(=O)n(C[C@@H]2CO2)c(=O)n1C[C@H]1CO1. The van der Waals surface area contributed by atoms with E-state index in [1.165, 1.54) is 0 Å². The van der Waals surface area contributed by atoms with E-state index in [0.717, 1.165) is 13.7 Å². The van der Waals surface area contributed by atoms with Crippen LogP contribution in [-0.4, -0.2) is 51.8 Å². The zero-order valence-electron chi connectivity index (χ0n) is 11.7. The molecule has 0 unspecified atom stereocenters. The second-order valence-corrected chi connectivity index (χ2v) is 5.55. The molecule has 3 atom stereocenters. The van der Waals surface area contributed by atoms with E-state index >= 15 is 0 Å². The second kappa shape index (κ2) is 5.65. The van der Waals surface area contributed by atoms with Crippen LogP contribution in [-0.2, 0) is 33.8 Å². The molecule has 1 aromatic rings. The number of halogens is 1. The van der Waals surface area contributed by atoms with Gasteiger partial charge in [0.1, 0.15) is 0 Å². The Morgan fingerprint density at radius 3 is 1.09 bits per heavy atom. The Hall–Kier alpha value is -1.42. The maximum absolute atomic E-state index is 12.4. The van der Waals surface area contributed by atoms with Crippen LogP contribution in [0.5, 0.6) is 0 Å². The summed E-state index contributed by atoms with van der Waals surface area (Å²) in [5.74, 6) is 0. The van der Waals surface area contributed by atoms with Gasteiger partial charge in [0.15, 0.2) is 0 Å². The maximum atomic E-state index is 12.4. The molecule has 0 aliphatic carbocycles. The number of ether oxygens (including phenoxy) is 3. The van der Waals surface area contributed by atoms with Gasteiger partial charge in [-0.05, 0) is 0 Å². The normalized spacial score (nSPS) is 28.1. The lowest BCUT2D eigenvalue weighted by Gasteiger charge is -2.12. The third kappa shape index (κ3) is 3.02. The molecule has 3 saturated heterocycles. The summed E-state index contributed by atoms with van der Waals surface area (Å²) in [5, 5.41) is 0. The van der Waals surface area contributed by atoms with Crippen molar-refractivity contribution in [1.29, 1.82) is 0 Å². The smallest absolute Gasteiger partial charge is 0.336 e. The molecular formula is C12H16ClN3O6. The van der Waals surface area contributed by atoms with Crippen LogP contribution < -0.4 is 17.1 Å². The van der Waals surface area contributed by atoms with Crippen molar-refractivity contribution in [3.8, 4) is 0 Å². The van der Waals surface area contributed by atoms with Crippen LogP contribution in [0.1, 0.15) is 0 Å². The van der Waals surface area contributed by atoms with Gasteiger partial charge in [0.05, 0.1) is 57.8 Å². The topological polar surface area (TPSA) is 104 Å². The van der Waals surface area contributed by atoms with Gasteiger partial charge >= 0.3 is 17.1 Å². The minimum atomic E-state index is -0.594. The van der Waals surface area contributed by atoms with E-state index in [1.807, 2.05) is 0 Å². The molecular weight excluding hydrogens is 318 g/mol. The molecule has 0 saturated carbocycles. The van der Waals surface area contributed by atoms with Gasteiger partial charge in [-0.25, -0.2) is 28.1 Å². The lowest BCUT2D eigenvalue weighted by atomic mass is 10.4. The summed E-state index contributed by atoms with van der Waals surface area (Å²) in [4.78, 5) is 37.1. The molecule has 22 heavy (non-hydrogen) atoms. The van der Waals surface area contributed by atoms with Crippen LogP contribution in [0, 0.1) is 0 Å².